The van der Waals surface area contributed by atoms with Gasteiger partial charge in [-0.3, -0.25) is 9.98 Å². The van der Waals surface area contributed by atoms with E-state index in [-0.39, 0.29) is 5.41 Å². The fraction of sp³-hybridized carbons (Fsp3) is 0.579. The van der Waals surface area contributed by atoms with Crippen LogP contribution in [0, 0.1) is 11.3 Å². The summed E-state index contributed by atoms with van der Waals surface area (Å²) in [4.78, 5) is 9.56. The first-order valence-corrected chi connectivity index (χ1v) is 8.20. The van der Waals surface area contributed by atoms with Crippen molar-refractivity contribution >= 4 is 11.3 Å². The van der Waals surface area contributed by atoms with Crippen molar-refractivity contribution in [2.24, 2.45) is 16.3 Å². The van der Waals surface area contributed by atoms with E-state index in [1.165, 1.54) is 41.7 Å². The third kappa shape index (κ3) is 2.81. The highest BCUT2D eigenvalue weighted by Gasteiger charge is 2.35. The fourth-order valence-electron chi connectivity index (χ4n) is 3.64. The van der Waals surface area contributed by atoms with Gasteiger partial charge in [0.05, 0.1) is 12.2 Å². The molecule has 1 aliphatic carbocycles. The number of hydrogen-bond donors (Lipinski definition) is 0. The molecule has 1 aliphatic heterocycles. The molecule has 0 amide bonds. The van der Waals surface area contributed by atoms with Gasteiger partial charge < -0.3 is 0 Å². The standard InChI is InChI=1S/C19H26N2/c1-13(2)10-14-7-8-17(20-11-14)16-12-21-18-15(16)6-5-9-19(18,3)4/h7-8,11,13H,5-6,9-10,12H2,1-4H3. The monoisotopic (exact) mass is 282 g/mol. The molecular formula is C19H26N2. The van der Waals surface area contributed by atoms with Crippen LogP contribution < -0.4 is 0 Å². The Morgan fingerprint density at radius 2 is 2.00 bits per heavy atom. The molecule has 0 atom stereocenters. The van der Waals surface area contributed by atoms with Crippen molar-refractivity contribution in [1.29, 1.82) is 0 Å². The molecule has 0 N–H and O–H groups in total. The second kappa shape index (κ2) is 5.40. The summed E-state index contributed by atoms with van der Waals surface area (Å²) >= 11 is 0. The summed E-state index contributed by atoms with van der Waals surface area (Å²) in [5.41, 5.74) is 6.91. The zero-order chi connectivity index (χ0) is 15.0. The third-order valence-corrected chi connectivity index (χ3v) is 4.69. The summed E-state index contributed by atoms with van der Waals surface area (Å²) in [5, 5.41) is 0. The molecule has 0 radical (unpaired) electrons. The van der Waals surface area contributed by atoms with Crippen molar-refractivity contribution in [2.45, 2.75) is 53.4 Å². The number of pyridine rings is 1. The van der Waals surface area contributed by atoms with Crippen LogP contribution in [0.3, 0.4) is 0 Å². The van der Waals surface area contributed by atoms with Gasteiger partial charge in [0, 0.05) is 22.9 Å². The smallest absolute Gasteiger partial charge is 0.0683 e. The van der Waals surface area contributed by atoms with Gasteiger partial charge in [-0.2, -0.15) is 0 Å². The van der Waals surface area contributed by atoms with Gasteiger partial charge in [0.15, 0.2) is 0 Å². The van der Waals surface area contributed by atoms with Crippen LogP contribution >= 0.6 is 0 Å². The molecule has 1 aromatic rings. The number of aromatic nitrogens is 1. The Labute approximate surface area is 128 Å². The molecule has 0 bridgehead atoms. The van der Waals surface area contributed by atoms with E-state index in [1.54, 1.807) is 0 Å². The van der Waals surface area contributed by atoms with E-state index in [1.807, 2.05) is 0 Å². The van der Waals surface area contributed by atoms with Gasteiger partial charge in [0.1, 0.15) is 0 Å². The largest absolute Gasteiger partial charge is 0.284 e. The van der Waals surface area contributed by atoms with Gasteiger partial charge in [-0.25, -0.2) is 0 Å². The maximum atomic E-state index is 4.84. The van der Waals surface area contributed by atoms with Crippen molar-refractivity contribution < 1.29 is 0 Å². The Hall–Kier alpha value is -1.44. The molecule has 112 valence electrons. The summed E-state index contributed by atoms with van der Waals surface area (Å²) < 4.78 is 0. The summed E-state index contributed by atoms with van der Waals surface area (Å²) in [7, 11) is 0. The third-order valence-electron chi connectivity index (χ3n) is 4.69. The van der Waals surface area contributed by atoms with E-state index in [9.17, 15) is 0 Å². The maximum Gasteiger partial charge on any atom is 0.0683 e. The van der Waals surface area contributed by atoms with E-state index in [4.69, 9.17) is 9.98 Å². The van der Waals surface area contributed by atoms with E-state index in [0.29, 0.717) is 5.92 Å². The summed E-state index contributed by atoms with van der Waals surface area (Å²) in [6.07, 6.45) is 6.86. The Balaban J connectivity index is 1.88. The molecule has 2 heteroatoms. The summed E-state index contributed by atoms with van der Waals surface area (Å²) in [6.45, 7) is 9.98. The molecule has 0 unspecified atom stereocenters. The minimum Gasteiger partial charge on any atom is -0.284 e. The zero-order valence-electron chi connectivity index (χ0n) is 13.7. The SMILES string of the molecule is CC(C)Cc1ccc(C2=C3CCCC(C)(C)C3=NC2)nc1. The molecule has 21 heavy (non-hydrogen) atoms. The first kappa shape index (κ1) is 14.5. The molecule has 1 saturated carbocycles. The molecular weight excluding hydrogens is 256 g/mol. The normalized spacial score (nSPS) is 20.7. The van der Waals surface area contributed by atoms with Crippen LogP contribution in [0.4, 0.5) is 0 Å². The first-order valence-electron chi connectivity index (χ1n) is 8.20. The number of nitrogens with zero attached hydrogens (tertiary/aromatic N) is 2. The van der Waals surface area contributed by atoms with E-state index in [2.05, 4.69) is 46.0 Å². The summed E-state index contributed by atoms with van der Waals surface area (Å²) in [6, 6.07) is 4.43. The number of aliphatic imine (C=N–C) groups is 1. The molecule has 1 fully saturated rings. The van der Waals surface area contributed by atoms with Crippen LogP contribution in [-0.4, -0.2) is 17.2 Å². The predicted molar refractivity (Wildman–Crippen MR) is 89.6 cm³/mol. The van der Waals surface area contributed by atoms with Crippen LogP contribution in [0.5, 0.6) is 0 Å². The molecule has 0 aromatic carbocycles. The molecule has 0 spiro atoms. The molecule has 0 saturated heterocycles. The quantitative estimate of drug-likeness (QED) is 0.789. The number of allylic oxidation sites excluding steroid dienone is 1. The van der Waals surface area contributed by atoms with Crippen LogP contribution in [0.2, 0.25) is 0 Å². The number of hydrogen-bond acceptors (Lipinski definition) is 2. The number of rotatable bonds is 3. The van der Waals surface area contributed by atoms with E-state index in [0.717, 1.165) is 18.7 Å². The van der Waals surface area contributed by atoms with Gasteiger partial charge in [-0.15, -0.1) is 0 Å². The van der Waals surface area contributed by atoms with Crippen LogP contribution in [0.25, 0.3) is 5.57 Å². The maximum absolute atomic E-state index is 4.84. The van der Waals surface area contributed by atoms with E-state index < -0.39 is 0 Å². The van der Waals surface area contributed by atoms with Gasteiger partial charge in [0.2, 0.25) is 0 Å². The lowest BCUT2D eigenvalue weighted by Crippen LogP contribution is -2.28. The average molecular weight is 282 g/mol. The molecule has 3 rings (SSSR count). The highest BCUT2D eigenvalue weighted by Crippen LogP contribution is 2.42. The van der Waals surface area contributed by atoms with Crippen molar-refractivity contribution in [1.82, 2.24) is 4.98 Å². The lowest BCUT2D eigenvalue weighted by molar-refractivity contribution is 0.438. The van der Waals surface area contributed by atoms with Crippen molar-refractivity contribution in [3.05, 3.63) is 35.2 Å². The predicted octanol–water partition coefficient (Wildman–Crippen LogP) is 4.70. The van der Waals surface area contributed by atoms with Crippen molar-refractivity contribution in [3.63, 3.8) is 0 Å². The lowest BCUT2D eigenvalue weighted by atomic mass is 9.72. The minimum absolute atomic E-state index is 0.243. The van der Waals surface area contributed by atoms with Gasteiger partial charge in [-0.1, -0.05) is 33.8 Å². The number of fused-ring (bicyclic) bond motifs is 1. The Morgan fingerprint density at radius 3 is 2.67 bits per heavy atom. The first-order chi connectivity index (χ1) is 9.97. The molecule has 1 aromatic heterocycles. The highest BCUT2D eigenvalue weighted by molar-refractivity contribution is 6.12. The Kier molecular flexibility index (Phi) is 3.73. The summed E-state index contributed by atoms with van der Waals surface area (Å²) in [5.74, 6) is 0.681. The molecule has 2 heterocycles. The lowest BCUT2D eigenvalue weighted by Gasteiger charge is -2.32. The van der Waals surface area contributed by atoms with Crippen LogP contribution in [0.1, 0.15) is 58.2 Å². The van der Waals surface area contributed by atoms with Crippen molar-refractivity contribution in [3.8, 4) is 0 Å². The van der Waals surface area contributed by atoms with Crippen LogP contribution in [-0.2, 0) is 6.42 Å². The molecule has 2 nitrogen and oxygen atoms in total. The Bertz CT molecular complexity index is 588. The van der Waals surface area contributed by atoms with E-state index >= 15 is 0 Å². The second-order valence-electron chi connectivity index (χ2n) is 7.51. The van der Waals surface area contributed by atoms with Crippen molar-refractivity contribution in [2.75, 3.05) is 6.54 Å². The van der Waals surface area contributed by atoms with Gasteiger partial charge >= 0.3 is 0 Å². The fourth-order valence-corrected chi connectivity index (χ4v) is 3.64. The van der Waals surface area contributed by atoms with Crippen LogP contribution in [0.15, 0.2) is 28.9 Å². The zero-order valence-corrected chi connectivity index (χ0v) is 13.7. The minimum atomic E-state index is 0.243. The second-order valence-corrected chi connectivity index (χ2v) is 7.51. The van der Waals surface area contributed by atoms with Gasteiger partial charge in [0.25, 0.3) is 0 Å². The topological polar surface area (TPSA) is 25.2 Å². The van der Waals surface area contributed by atoms with Gasteiger partial charge in [-0.05, 0) is 48.8 Å². The Morgan fingerprint density at radius 1 is 1.19 bits per heavy atom. The molecule has 2 aliphatic rings. The highest BCUT2D eigenvalue weighted by atomic mass is 14.8. The average Bonchev–Trinajstić information content (AvgIpc) is 2.84.